The monoisotopic (exact) mass is 339 g/mol. The highest BCUT2D eigenvalue weighted by Crippen LogP contribution is 2.39. The number of alkyl halides is 3. The molecule has 0 heterocycles. The quantitative estimate of drug-likeness (QED) is 0.855. The molecule has 1 N–H and O–H groups in total. The maximum Gasteiger partial charge on any atom is 0.446 e. The normalized spacial score (nSPS) is 11.1. The molecule has 0 aliphatic heterocycles. The minimum absolute atomic E-state index is 0.0847. The number of rotatable bonds is 3. The van der Waals surface area contributed by atoms with E-state index in [4.69, 9.17) is 10.4 Å². The van der Waals surface area contributed by atoms with Crippen LogP contribution in [0.15, 0.2) is 21.5 Å². The van der Waals surface area contributed by atoms with Gasteiger partial charge in [0.25, 0.3) is 0 Å². The summed E-state index contributed by atoms with van der Waals surface area (Å²) in [6, 6.07) is 3.87. The lowest BCUT2D eigenvalue weighted by Crippen LogP contribution is -2.05. The Balaban J connectivity index is 3.19. The molecule has 0 aliphatic carbocycles. The molecule has 0 saturated heterocycles. The highest BCUT2D eigenvalue weighted by molar-refractivity contribution is 9.10. The molecule has 0 atom stereocenters. The molecule has 1 aromatic rings. The molecular weight excluding hydrogens is 335 g/mol. The van der Waals surface area contributed by atoms with Crippen molar-refractivity contribution in [2.24, 2.45) is 0 Å². The molecular formula is C10H5BrF3NO2S. The number of hydrogen-bond acceptors (Lipinski definition) is 3. The molecule has 0 bridgehead atoms. The summed E-state index contributed by atoms with van der Waals surface area (Å²) in [5, 5.41) is 17.5. The average Bonchev–Trinajstić information content (AvgIpc) is 2.18. The topological polar surface area (TPSA) is 61.1 Å². The highest BCUT2D eigenvalue weighted by Gasteiger charge is 2.30. The van der Waals surface area contributed by atoms with Crippen molar-refractivity contribution in [1.29, 1.82) is 5.26 Å². The van der Waals surface area contributed by atoms with Crippen LogP contribution in [0.1, 0.15) is 11.1 Å². The number of carboxylic acid groups (broad SMARTS) is 1. The molecule has 0 spiro atoms. The molecule has 0 fully saturated rings. The lowest BCUT2D eigenvalue weighted by atomic mass is 10.1. The van der Waals surface area contributed by atoms with Gasteiger partial charge in [0.15, 0.2) is 0 Å². The van der Waals surface area contributed by atoms with E-state index < -0.39 is 17.9 Å². The fourth-order valence-electron chi connectivity index (χ4n) is 1.23. The van der Waals surface area contributed by atoms with E-state index in [1.165, 1.54) is 0 Å². The van der Waals surface area contributed by atoms with Crippen LogP contribution in [-0.4, -0.2) is 16.6 Å². The average molecular weight is 340 g/mol. The predicted molar refractivity (Wildman–Crippen MR) is 62.1 cm³/mol. The second kappa shape index (κ2) is 5.63. The van der Waals surface area contributed by atoms with Gasteiger partial charge in [0.05, 0.1) is 18.1 Å². The van der Waals surface area contributed by atoms with Crippen LogP contribution in [-0.2, 0) is 11.2 Å². The van der Waals surface area contributed by atoms with Crippen LogP contribution in [0.3, 0.4) is 0 Å². The molecule has 0 amide bonds. The SMILES string of the molecule is N#Cc1cc(SC(F)(F)F)cc(Br)c1CC(=O)O. The van der Waals surface area contributed by atoms with Gasteiger partial charge in [0.1, 0.15) is 0 Å². The standard InChI is InChI=1S/C10H5BrF3NO2S/c11-8-2-6(18-10(12,13)14)1-5(4-15)7(8)3-9(16)17/h1-2H,3H2,(H,16,17). The zero-order valence-electron chi connectivity index (χ0n) is 8.58. The summed E-state index contributed by atoms with van der Waals surface area (Å²) in [5.74, 6) is -1.16. The van der Waals surface area contributed by atoms with Crippen LogP contribution in [0.25, 0.3) is 0 Å². The summed E-state index contributed by atoms with van der Waals surface area (Å²) in [4.78, 5) is 10.4. The van der Waals surface area contributed by atoms with Gasteiger partial charge in [-0.2, -0.15) is 18.4 Å². The van der Waals surface area contributed by atoms with E-state index in [-0.39, 0.29) is 32.3 Å². The van der Waals surface area contributed by atoms with Gasteiger partial charge in [-0.05, 0) is 29.5 Å². The number of carbonyl (C=O) groups is 1. The summed E-state index contributed by atoms with van der Waals surface area (Å²) < 4.78 is 36.7. The van der Waals surface area contributed by atoms with Crippen molar-refractivity contribution in [3.05, 3.63) is 27.7 Å². The minimum Gasteiger partial charge on any atom is -0.481 e. The van der Waals surface area contributed by atoms with Crippen LogP contribution >= 0.6 is 27.7 Å². The Hall–Kier alpha value is -1.20. The third kappa shape index (κ3) is 4.23. The summed E-state index contributed by atoms with van der Waals surface area (Å²) >= 11 is 2.62. The molecule has 1 rings (SSSR count). The fraction of sp³-hybridized carbons (Fsp3) is 0.200. The second-order valence-electron chi connectivity index (χ2n) is 3.16. The Morgan fingerprint density at radius 1 is 1.50 bits per heavy atom. The van der Waals surface area contributed by atoms with Crippen LogP contribution in [0.4, 0.5) is 13.2 Å². The predicted octanol–water partition coefficient (Wildman–Crippen LogP) is 3.56. The molecule has 0 radical (unpaired) electrons. The van der Waals surface area contributed by atoms with Crippen molar-refractivity contribution in [1.82, 2.24) is 0 Å². The molecule has 0 unspecified atom stereocenters. The number of benzene rings is 1. The molecule has 0 aromatic heterocycles. The lowest BCUT2D eigenvalue weighted by Gasteiger charge is -2.09. The second-order valence-corrected chi connectivity index (χ2v) is 5.15. The number of halogens is 4. The van der Waals surface area contributed by atoms with Crippen molar-refractivity contribution in [2.75, 3.05) is 0 Å². The third-order valence-corrected chi connectivity index (χ3v) is 3.26. The number of nitriles is 1. The van der Waals surface area contributed by atoms with Gasteiger partial charge in [0.2, 0.25) is 0 Å². The summed E-state index contributed by atoms with van der Waals surface area (Å²) in [7, 11) is 0. The highest BCUT2D eigenvalue weighted by atomic mass is 79.9. The van der Waals surface area contributed by atoms with E-state index in [0.29, 0.717) is 0 Å². The van der Waals surface area contributed by atoms with Gasteiger partial charge < -0.3 is 5.11 Å². The molecule has 18 heavy (non-hydrogen) atoms. The third-order valence-electron chi connectivity index (χ3n) is 1.85. The van der Waals surface area contributed by atoms with E-state index in [2.05, 4.69) is 15.9 Å². The van der Waals surface area contributed by atoms with Crippen molar-refractivity contribution in [3.63, 3.8) is 0 Å². The van der Waals surface area contributed by atoms with Gasteiger partial charge in [-0.15, -0.1) is 0 Å². The van der Waals surface area contributed by atoms with Crippen LogP contribution in [0.5, 0.6) is 0 Å². The van der Waals surface area contributed by atoms with Gasteiger partial charge in [0, 0.05) is 9.37 Å². The minimum atomic E-state index is -4.46. The van der Waals surface area contributed by atoms with E-state index in [0.717, 1.165) is 12.1 Å². The van der Waals surface area contributed by atoms with E-state index in [1.54, 1.807) is 6.07 Å². The Labute approximate surface area is 113 Å². The van der Waals surface area contributed by atoms with Gasteiger partial charge in [-0.25, -0.2) is 0 Å². The first-order chi connectivity index (χ1) is 8.23. The van der Waals surface area contributed by atoms with Gasteiger partial charge in [-0.1, -0.05) is 15.9 Å². The van der Waals surface area contributed by atoms with Crippen molar-refractivity contribution in [3.8, 4) is 6.07 Å². The lowest BCUT2D eigenvalue weighted by molar-refractivity contribution is -0.136. The summed E-state index contributed by atoms with van der Waals surface area (Å²) in [6.45, 7) is 0. The molecule has 8 heteroatoms. The molecule has 0 saturated carbocycles. The van der Waals surface area contributed by atoms with Crippen LogP contribution < -0.4 is 0 Å². The maximum atomic E-state index is 12.2. The Morgan fingerprint density at radius 3 is 2.56 bits per heavy atom. The Morgan fingerprint density at radius 2 is 2.11 bits per heavy atom. The first-order valence-corrected chi connectivity index (χ1v) is 6.04. The zero-order valence-corrected chi connectivity index (χ0v) is 11.0. The first kappa shape index (κ1) is 14.9. The zero-order chi connectivity index (χ0) is 13.9. The van der Waals surface area contributed by atoms with Crippen molar-refractivity contribution >= 4 is 33.7 Å². The van der Waals surface area contributed by atoms with Crippen molar-refractivity contribution < 1.29 is 23.1 Å². The van der Waals surface area contributed by atoms with Gasteiger partial charge >= 0.3 is 11.5 Å². The summed E-state index contributed by atoms with van der Waals surface area (Å²) in [6.07, 6.45) is -0.430. The van der Waals surface area contributed by atoms with Crippen LogP contribution in [0, 0.1) is 11.3 Å². The number of thioether (sulfide) groups is 1. The number of carboxylic acids is 1. The fourth-order valence-corrected chi connectivity index (χ4v) is 2.61. The largest absolute Gasteiger partial charge is 0.481 e. The molecule has 1 aromatic carbocycles. The number of aliphatic carboxylic acids is 1. The molecule has 96 valence electrons. The molecule has 0 aliphatic rings. The smallest absolute Gasteiger partial charge is 0.446 e. The number of hydrogen-bond donors (Lipinski definition) is 1. The van der Waals surface area contributed by atoms with Crippen LogP contribution in [0.2, 0.25) is 0 Å². The van der Waals surface area contributed by atoms with Gasteiger partial charge in [-0.3, -0.25) is 4.79 Å². The Bertz CT molecular complexity index is 525. The molecule has 3 nitrogen and oxygen atoms in total. The van der Waals surface area contributed by atoms with E-state index in [9.17, 15) is 18.0 Å². The first-order valence-electron chi connectivity index (χ1n) is 4.43. The number of nitrogens with zero attached hydrogens (tertiary/aromatic N) is 1. The Kier molecular flexibility index (Phi) is 4.65. The van der Waals surface area contributed by atoms with Crippen molar-refractivity contribution in [2.45, 2.75) is 16.8 Å². The summed E-state index contributed by atoms with van der Waals surface area (Å²) in [5.41, 5.74) is -4.38. The maximum absolute atomic E-state index is 12.2. The van der Waals surface area contributed by atoms with E-state index in [1.807, 2.05) is 0 Å². The van der Waals surface area contributed by atoms with E-state index >= 15 is 0 Å².